The number of nitrogens with zero attached hydrogens (tertiary/aromatic N) is 2. The third kappa shape index (κ3) is 2.43. The highest BCUT2D eigenvalue weighted by Gasteiger charge is 2.12. The van der Waals surface area contributed by atoms with Gasteiger partial charge in [-0.1, -0.05) is 34.8 Å². The van der Waals surface area contributed by atoms with Crippen LogP contribution >= 0.6 is 11.5 Å². The third-order valence-corrected chi connectivity index (χ3v) is 2.90. The number of rotatable bonds is 3. The van der Waals surface area contributed by atoms with Crippen molar-refractivity contribution in [3.05, 3.63) is 47.0 Å². The van der Waals surface area contributed by atoms with Crippen LogP contribution in [0.15, 0.2) is 36.5 Å². The molecule has 0 radical (unpaired) electrons. The van der Waals surface area contributed by atoms with E-state index in [2.05, 4.69) is 14.9 Å². The van der Waals surface area contributed by atoms with Crippen molar-refractivity contribution in [2.75, 3.05) is 0 Å². The number of amides is 1. The third-order valence-electron chi connectivity index (χ3n) is 2.23. The summed E-state index contributed by atoms with van der Waals surface area (Å²) < 4.78 is 3.65. The molecule has 0 spiro atoms. The number of nitrogens with one attached hydrogen (secondary N) is 1. The number of carbonyl (C=O) groups excluding carboxylic acids is 1. The Labute approximate surface area is 97.5 Å². The highest BCUT2D eigenvalue weighted by molar-refractivity contribution is 7.07. The molecule has 1 aromatic heterocycles. The minimum atomic E-state index is -0.133. The Morgan fingerprint density at radius 2 is 2.12 bits per heavy atom. The maximum absolute atomic E-state index is 11.7. The summed E-state index contributed by atoms with van der Waals surface area (Å²) in [4.78, 5) is 12.2. The topological polar surface area (TPSA) is 54.9 Å². The minimum absolute atomic E-state index is 0.0178. The van der Waals surface area contributed by atoms with Crippen LogP contribution in [0.5, 0.6) is 0 Å². The predicted octanol–water partition coefficient (Wildman–Crippen LogP) is 2.03. The van der Waals surface area contributed by atoms with Crippen LogP contribution in [0, 0.1) is 0 Å². The van der Waals surface area contributed by atoms with Crippen molar-refractivity contribution in [1.82, 2.24) is 14.9 Å². The molecule has 1 heterocycles. The van der Waals surface area contributed by atoms with Crippen LogP contribution in [-0.4, -0.2) is 15.5 Å². The zero-order valence-electron chi connectivity index (χ0n) is 8.75. The first-order valence-corrected chi connectivity index (χ1v) is 5.68. The number of carbonyl (C=O) groups is 1. The van der Waals surface area contributed by atoms with Gasteiger partial charge in [0.2, 0.25) is 0 Å². The zero-order chi connectivity index (χ0) is 11.4. The fourth-order valence-corrected chi connectivity index (χ4v) is 1.78. The number of hydrogen-bond donors (Lipinski definition) is 1. The average Bonchev–Trinajstić information content (AvgIpc) is 2.83. The SMILES string of the molecule is CC(NC(=O)c1cnns1)c1ccccc1. The van der Waals surface area contributed by atoms with E-state index in [0.29, 0.717) is 4.88 Å². The molecule has 1 unspecified atom stereocenters. The van der Waals surface area contributed by atoms with E-state index in [1.54, 1.807) is 0 Å². The van der Waals surface area contributed by atoms with E-state index in [1.165, 1.54) is 6.20 Å². The van der Waals surface area contributed by atoms with E-state index in [-0.39, 0.29) is 11.9 Å². The maximum Gasteiger partial charge on any atom is 0.265 e. The van der Waals surface area contributed by atoms with Crippen LogP contribution < -0.4 is 5.32 Å². The first-order valence-electron chi connectivity index (χ1n) is 4.90. The van der Waals surface area contributed by atoms with Crippen molar-refractivity contribution < 1.29 is 4.79 Å². The summed E-state index contributed by atoms with van der Waals surface area (Å²) in [7, 11) is 0. The molecule has 16 heavy (non-hydrogen) atoms. The average molecular weight is 233 g/mol. The van der Waals surface area contributed by atoms with Gasteiger partial charge in [-0.05, 0) is 24.0 Å². The molecule has 0 fully saturated rings. The largest absolute Gasteiger partial charge is 0.345 e. The van der Waals surface area contributed by atoms with E-state index in [9.17, 15) is 4.79 Å². The molecule has 2 rings (SSSR count). The van der Waals surface area contributed by atoms with E-state index < -0.39 is 0 Å². The quantitative estimate of drug-likeness (QED) is 0.882. The van der Waals surface area contributed by atoms with Crippen molar-refractivity contribution in [2.45, 2.75) is 13.0 Å². The molecule has 0 saturated carbocycles. The van der Waals surface area contributed by atoms with Crippen LogP contribution in [0.3, 0.4) is 0 Å². The van der Waals surface area contributed by atoms with Gasteiger partial charge in [-0.25, -0.2) is 0 Å². The summed E-state index contributed by atoms with van der Waals surface area (Å²) in [5.41, 5.74) is 1.08. The van der Waals surface area contributed by atoms with E-state index in [1.807, 2.05) is 37.3 Å². The predicted molar refractivity (Wildman–Crippen MR) is 62.2 cm³/mol. The van der Waals surface area contributed by atoms with Crippen LogP contribution in [0.4, 0.5) is 0 Å². The lowest BCUT2D eigenvalue weighted by molar-refractivity contribution is 0.0944. The number of benzene rings is 1. The molecule has 0 aliphatic rings. The minimum Gasteiger partial charge on any atom is -0.345 e. The van der Waals surface area contributed by atoms with Crippen LogP contribution in [0.2, 0.25) is 0 Å². The summed E-state index contributed by atoms with van der Waals surface area (Å²) in [5.74, 6) is -0.133. The molecular formula is C11H11N3OS. The number of aromatic nitrogens is 2. The van der Waals surface area contributed by atoms with E-state index in [4.69, 9.17) is 0 Å². The molecule has 1 atom stereocenters. The molecule has 2 aromatic rings. The van der Waals surface area contributed by atoms with Crippen molar-refractivity contribution in [2.24, 2.45) is 0 Å². The summed E-state index contributed by atoms with van der Waals surface area (Å²) in [6.07, 6.45) is 1.47. The van der Waals surface area contributed by atoms with Crippen molar-refractivity contribution >= 4 is 17.4 Å². The lowest BCUT2D eigenvalue weighted by Gasteiger charge is -2.12. The van der Waals surface area contributed by atoms with Gasteiger partial charge >= 0.3 is 0 Å². The van der Waals surface area contributed by atoms with Gasteiger partial charge < -0.3 is 5.32 Å². The highest BCUT2D eigenvalue weighted by Crippen LogP contribution is 2.12. The molecule has 82 valence electrons. The molecule has 5 heteroatoms. The Balaban J connectivity index is 2.03. The van der Waals surface area contributed by atoms with Crippen molar-refractivity contribution in [3.63, 3.8) is 0 Å². The Morgan fingerprint density at radius 1 is 1.38 bits per heavy atom. The second-order valence-corrected chi connectivity index (χ2v) is 4.17. The monoisotopic (exact) mass is 233 g/mol. The van der Waals surface area contributed by atoms with Gasteiger partial charge in [-0.15, -0.1) is 5.10 Å². The Kier molecular flexibility index (Phi) is 3.26. The van der Waals surface area contributed by atoms with Gasteiger partial charge in [0.05, 0.1) is 12.2 Å². The van der Waals surface area contributed by atoms with E-state index in [0.717, 1.165) is 17.1 Å². The maximum atomic E-state index is 11.7. The van der Waals surface area contributed by atoms with Gasteiger partial charge in [0.25, 0.3) is 5.91 Å². The summed E-state index contributed by atoms with van der Waals surface area (Å²) >= 11 is 1.10. The van der Waals surface area contributed by atoms with Gasteiger partial charge in [0, 0.05) is 0 Å². The first-order chi connectivity index (χ1) is 7.77. The molecule has 1 aromatic carbocycles. The molecule has 1 amide bonds. The Hall–Kier alpha value is -1.75. The fraction of sp³-hybridized carbons (Fsp3) is 0.182. The molecule has 0 bridgehead atoms. The summed E-state index contributed by atoms with van der Waals surface area (Å²) in [6.45, 7) is 1.95. The molecule has 0 aliphatic carbocycles. The smallest absolute Gasteiger partial charge is 0.265 e. The van der Waals surface area contributed by atoms with Crippen LogP contribution in [0.1, 0.15) is 28.2 Å². The fourth-order valence-electron chi connectivity index (χ4n) is 1.36. The normalized spacial score (nSPS) is 12.1. The molecule has 4 nitrogen and oxygen atoms in total. The van der Waals surface area contributed by atoms with Gasteiger partial charge in [0.15, 0.2) is 0 Å². The Bertz CT molecular complexity index is 455. The zero-order valence-corrected chi connectivity index (χ0v) is 9.57. The summed E-state index contributed by atoms with van der Waals surface area (Å²) in [5, 5.41) is 6.52. The molecule has 1 N–H and O–H groups in total. The summed E-state index contributed by atoms with van der Waals surface area (Å²) in [6, 6.07) is 9.80. The van der Waals surface area contributed by atoms with Gasteiger partial charge in [0.1, 0.15) is 4.88 Å². The molecule has 0 saturated heterocycles. The molecule has 0 aliphatic heterocycles. The van der Waals surface area contributed by atoms with E-state index >= 15 is 0 Å². The first kappa shape index (κ1) is 10.8. The second kappa shape index (κ2) is 4.85. The molecular weight excluding hydrogens is 222 g/mol. The Morgan fingerprint density at radius 3 is 2.75 bits per heavy atom. The lowest BCUT2D eigenvalue weighted by Crippen LogP contribution is -2.25. The second-order valence-electron chi connectivity index (χ2n) is 3.39. The number of hydrogen-bond acceptors (Lipinski definition) is 4. The van der Waals surface area contributed by atoms with Crippen molar-refractivity contribution in [1.29, 1.82) is 0 Å². The van der Waals surface area contributed by atoms with Crippen LogP contribution in [0.25, 0.3) is 0 Å². The van der Waals surface area contributed by atoms with Crippen molar-refractivity contribution in [3.8, 4) is 0 Å². The van der Waals surface area contributed by atoms with Gasteiger partial charge in [-0.3, -0.25) is 4.79 Å². The van der Waals surface area contributed by atoms with Crippen LogP contribution in [-0.2, 0) is 0 Å². The lowest BCUT2D eigenvalue weighted by atomic mass is 10.1. The standard InChI is InChI=1S/C11H11N3OS/c1-8(9-5-3-2-4-6-9)13-11(15)10-7-12-14-16-10/h2-8H,1H3,(H,13,15). The van der Waals surface area contributed by atoms with Gasteiger partial charge in [-0.2, -0.15) is 0 Å². The highest BCUT2D eigenvalue weighted by atomic mass is 32.1.